The number of H-pyrrole nitrogens is 1. The van der Waals surface area contributed by atoms with E-state index in [0.717, 1.165) is 30.6 Å². The quantitative estimate of drug-likeness (QED) is 0.820. The second-order valence-corrected chi connectivity index (χ2v) is 5.21. The van der Waals surface area contributed by atoms with Gasteiger partial charge in [0.15, 0.2) is 0 Å². The zero-order chi connectivity index (χ0) is 12.3. The maximum Gasteiger partial charge on any atom is 0.270 e. The molecule has 0 spiro atoms. The summed E-state index contributed by atoms with van der Waals surface area (Å²) < 4.78 is 1.76. The molecule has 0 radical (unpaired) electrons. The van der Waals surface area contributed by atoms with Crippen molar-refractivity contribution < 1.29 is 0 Å². The van der Waals surface area contributed by atoms with Crippen molar-refractivity contribution in [3.05, 3.63) is 21.6 Å². The van der Waals surface area contributed by atoms with Gasteiger partial charge in [0.05, 0.1) is 0 Å². The predicted octanol–water partition coefficient (Wildman–Crippen LogP) is 2.91. The van der Waals surface area contributed by atoms with E-state index < -0.39 is 0 Å². The molecule has 0 aliphatic rings. The molecule has 92 valence electrons. The van der Waals surface area contributed by atoms with Gasteiger partial charge in [-0.05, 0) is 24.7 Å². The maximum atomic E-state index is 12.1. The minimum atomic E-state index is 0.174. The lowest BCUT2D eigenvalue weighted by Gasteiger charge is -2.07. The highest BCUT2D eigenvalue weighted by Crippen LogP contribution is 2.17. The third-order valence-corrected chi connectivity index (χ3v) is 2.71. The third kappa shape index (κ3) is 2.77. The van der Waals surface area contributed by atoms with Gasteiger partial charge in [0.25, 0.3) is 5.56 Å². The van der Waals surface area contributed by atoms with Crippen LogP contribution in [0.2, 0.25) is 0 Å². The van der Waals surface area contributed by atoms with Crippen LogP contribution in [-0.4, -0.2) is 9.78 Å². The highest BCUT2D eigenvalue weighted by Gasteiger charge is 2.17. The van der Waals surface area contributed by atoms with Crippen LogP contribution in [0.4, 0.5) is 0 Å². The normalized spacial score (nSPS) is 11.7. The van der Waals surface area contributed by atoms with E-state index in [1.165, 1.54) is 0 Å². The number of aromatic amines is 1. The molecule has 1 N–H and O–H groups in total. The Morgan fingerprint density at radius 2 is 1.88 bits per heavy atom. The van der Waals surface area contributed by atoms with Crippen molar-refractivity contribution >= 4 is 0 Å². The molecule has 0 aliphatic carbocycles. The van der Waals surface area contributed by atoms with Crippen LogP contribution in [0.25, 0.3) is 0 Å². The fourth-order valence-corrected chi connectivity index (χ4v) is 2.09. The van der Waals surface area contributed by atoms with Crippen LogP contribution < -0.4 is 5.56 Å². The summed E-state index contributed by atoms with van der Waals surface area (Å²) in [6.45, 7) is 11.4. The lowest BCUT2D eigenvalue weighted by atomic mass is 9.98. The van der Waals surface area contributed by atoms with Crippen molar-refractivity contribution in [1.29, 1.82) is 0 Å². The number of aromatic nitrogens is 2. The van der Waals surface area contributed by atoms with Crippen LogP contribution in [0.1, 0.15) is 58.2 Å². The lowest BCUT2D eigenvalue weighted by Crippen LogP contribution is -2.19. The second-order valence-electron chi connectivity index (χ2n) is 5.21. The van der Waals surface area contributed by atoms with E-state index in [2.05, 4.69) is 39.7 Å². The molecule has 3 heteroatoms. The monoisotopic (exact) mass is 224 g/mol. The molecule has 0 saturated heterocycles. The van der Waals surface area contributed by atoms with Crippen molar-refractivity contribution in [2.45, 2.75) is 59.9 Å². The minimum absolute atomic E-state index is 0.174. The molecule has 0 atom stereocenters. The molecule has 0 saturated carbocycles. The molecule has 16 heavy (non-hydrogen) atoms. The zero-order valence-corrected chi connectivity index (χ0v) is 11.1. The molecule has 1 heterocycles. The summed E-state index contributed by atoms with van der Waals surface area (Å²) >= 11 is 0. The van der Waals surface area contributed by atoms with Gasteiger partial charge in [-0.1, -0.05) is 34.6 Å². The topological polar surface area (TPSA) is 37.8 Å². The first-order chi connectivity index (χ1) is 7.47. The standard InChI is InChI=1S/C13H24N2O/c1-6-7-15-13(16)12(10(4)5)11(14-15)8-9(2)3/h9-10,14H,6-8H2,1-5H3. The van der Waals surface area contributed by atoms with E-state index >= 15 is 0 Å². The van der Waals surface area contributed by atoms with Crippen molar-refractivity contribution in [2.24, 2.45) is 5.92 Å². The van der Waals surface area contributed by atoms with Crippen LogP contribution in [0.5, 0.6) is 0 Å². The molecule has 0 bridgehead atoms. The highest BCUT2D eigenvalue weighted by molar-refractivity contribution is 5.21. The zero-order valence-electron chi connectivity index (χ0n) is 11.1. The first-order valence-electron chi connectivity index (χ1n) is 6.28. The summed E-state index contributed by atoms with van der Waals surface area (Å²) in [5.41, 5.74) is 2.28. The Hall–Kier alpha value is -0.990. The van der Waals surface area contributed by atoms with Crippen LogP contribution in [-0.2, 0) is 13.0 Å². The Morgan fingerprint density at radius 1 is 1.25 bits per heavy atom. The molecular weight excluding hydrogens is 200 g/mol. The van der Waals surface area contributed by atoms with Crippen molar-refractivity contribution in [2.75, 3.05) is 0 Å². The Labute approximate surface area is 97.8 Å². The van der Waals surface area contributed by atoms with Gasteiger partial charge >= 0.3 is 0 Å². The highest BCUT2D eigenvalue weighted by atomic mass is 16.1. The van der Waals surface area contributed by atoms with Gasteiger partial charge in [0.1, 0.15) is 0 Å². The number of hydrogen-bond acceptors (Lipinski definition) is 1. The van der Waals surface area contributed by atoms with Crippen LogP contribution in [0.3, 0.4) is 0 Å². The Kier molecular flexibility index (Phi) is 4.39. The molecular formula is C13H24N2O. The molecule has 1 aromatic heterocycles. The number of aryl methyl sites for hydroxylation is 1. The first kappa shape index (κ1) is 13.1. The summed E-state index contributed by atoms with van der Waals surface area (Å²) in [7, 11) is 0. The van der Waals surface area contributed by atoms with Crippen LogP contribution in [0, 0.1) is 5.92 Å². The molecule has 0 unspecified atom stereocenters. The molecule has 0 aromatic carbocycles. The summed E-state index contributed by atoms with van der Waals surface area (Å²) in [4.78, 5) is 12.1. The average molecular weight is 224 g/mol. The van der Waals surface area contributed by atoms with E-state index in [-0.39, 0.29) is 5.56 Å². The third-order valence-electron chi connectivity index (χ3n) is 2.71. The minimum Gasteiger partial charge on any atom is -0.299 e. The summed E-state index contributed by atoms with van der Waals surface area (Å²) in [6.07, 6.45) is 1.94. The number of nitrogens with one attached hydrogen (secondary N) is 1. The van der Waals surface area contributed by atoms with Gasteiger partial charge in [-0.15, -0.1) is 0 Å². The van der Waals surface area contributed by atoms with E-state index in [9.17, 15) is 4.79 Å². The Balaban J connectivity index is 3.15. The molecule has 0 aliphatic heterocycles. The van der Waals surface area contributed by atoms with E-state index in [1.807, 2.05) is 0 Å². The van der Waals surface area contributed by atoms with Gasteiger partial charge in [-0.2, -0.15) is 0 Å². The first-order valence-corrected chi connectivity index (χ1v) is 6.28. The van der Waals surface area contributed by atoms with E-state index in [0.29, 0.717) is 11.8 Å². The van der Waals surface area contributed by atoms with Crippen molar-refractivity contribution in [3.8, 4) is 0 Å². The number of rotatable bonds is 5. The average Bonchev–Trinajstić information content (AvgIpc) is 2.42. The second kappa shape index (κ2) is 5.37. The number of hydrogen-bond donors (Lipinski definition) is 1. The van der Waals surface area contributed by atoms with Crippen LogP contribution in [0.15, 0.2) is 4.79 Å². The van der Waals surface area contributed by atoms with Gasteiger partial charge in [-0.25, -0.2) is 0 Å². The molecule has 3 nitrogen and oxygen atoms in total. The number of nitrogens with zero attached hydrogens (tertiary/aromatic N) is 1. The maximum absolute atomic E-state index is 12.1. The molecule has 1 aromatic rings. The van der Waals surface area contributed by atoms with Gasteiger partial charge in [-0.3, -0.25) is 14.6 Å². The van der Waals surface area contributed by atoms with E-state index in [4.69, 9.17) is 0 Å². The SMILES string of the molecule is CCCn1[nH]c(CC(C)C)c(C(C)C)c1=O. The fourth-order valence-electron chi connectivity index (χ4n) is 2.09. The van der Waals surface area contributed by atoms with Crippen molar-refractivity contribution in [1.82, 2.24) is 9.78 Å². The van der Waals surface area contributed by atoms with Crippen LogP contribution >= 0.6 is 0 Å². The predicted molar refractivity (Wildman–Crippen MR) is 68.0 cm³/mol. The van der Waals surface area contributed by atoms with Gasteiger partial charge in [0, 0.05) is 17.8 Å². The van der Waals surface area contributed by atoms with Gasteiger partial charge in [0.2, 0.25) is 0 Å². The Morgan fingerprint density at radius 3 is 2.31 bits per heavy atom. The molecule has 0 amide bonds. The Bertz CT molecular complexity index is 385. The van der Waals surface area contributed by atoms with E-state index in [1.54, 1.807) is 4.68 Å². The van der Waals surface area contributed by atoms with Gasteiger partial charge < -0.3 is 0 Å². The largest absolute Gasteiger partial charge is 0.299 e. The van der Waals surface area contributed by atoms with Crippen molar-refractivity contribution in [3.63, 3.8) is 0 Å². The lowest BCUT2D eigenvalue weighted by molar-refractivity contribution is 0.562. The molecule has 1 rings (SSSR count). The molecule has 0 fully saturated rings. The summed E-state index contributed by atoms with van der Waals surface area (Å²) in [6, 6.07) is 0. The smallest absolute Gasteiger partial charge is 0.270 e. The fraction of sp³-hybridized carbons (Fsp3) is 0.769. The summed E-state index contributed by atoms with van der Waals surface area (Å²) in [5.74, 6) is 0.876. The summed E-state index contributed by atoms with van der Waals surface area (Å²) in [5, 5.41) is 3.27.